The third-order valence-electron chi connectivity index (χ3n) is 3.79. The second kappa shape index (κ2) is 7.86. The first kappa shape index (κ1) is 17.8. The van der Waals surface area contributed by atoms with Crippen LogP contribution in [0.25, 0.3) is 0 Å². The average Bonchev–Trinajstić information content (AvgIpc) is 3.36. The second-order valence-electron chi connectivity index (χ2n) is 6.29. The molecule has 2 amide bonds. The zero-order valence-corrected chi connectivity index (χ0v) is 14.5. The molecule has 1 aliphatic carbocycles. The predicted octanol–water partition coefficient (Wildman–Crippen LogP) is 1.95. The number of nitrogens with one attached hydrogen (secondary N) is 3. The minimum atomic E-state index is -0.229. The van der Waals surface area contributed by atoms with Crippen molar-refractivity contribution in [3.05, 3.63) is 41.2 Å². The lowest BCUT2D eigenvalue weighted by Crippen LogP contribution is -2.33. The highest BCUT2D eigenvalue weighted by Crippen LogP contribution is 2.21. The molecule has 1 aromatic carbocycles. The fourth-order valence-electron chi connectivity index (χ4n) is 2.26. The van der Waals surface area contributed by atoms with Gasteiger partial charge in [0.05, 0.1) is 0 Å². The number of carbonyl (C=O) groups excluding carboxylic acids is 2. The minimum Gasteiger partial charge on any atom is -0.393 e. The summed E-state index contributed by atoms with van der Waals surface area (Å²) in [5.74, 6) is -0.266. The van der Waals surface area contributed by atoms with Gasteiger partial charge >= 0.3 is 0 Å². The van der Waals surface area contributed by atoms with Crippen LogP contribution in [0.15, 0.2) is 35.7 Å². The summed E-state index contributed by atoms with van der Waals surface area (Å²) in [5.41, 5.74) is 8.32. The maximum absolute atomic E-state index is 12.2. The molecule has 0 spiro atoms. The Hall–Kier alpha value is -2.50. The Morgan fingerprint density at radius 2 is 1.83 bits per heavy atom. The minimum absolute atomic E-state index is 0.0676. The first-order valence-electron chi connectivity index (χ1n) is 8.38. The molecule has 0 radical (unpaired) electrons. The van der Waals surface area contributed by atoms with Gasteiger partial charge in [-0.15, -0.1) is 0 Å². The molecule has 0 atom stereocenters. The molecule has 0 aliphatic heterocycles. The van der Waals surface area contributed by atoms with Gasteiger partial charge in [-0.05, 0) is 49.9 Å². The van der Waals surface area contributed by atoms with Crippen LogP contribution >= 0.6 is 0 Å². The largest absolute Gasteiger partial charge is 0.393 e. The van der Waals surface area contributed by atoms with E-state index in [1.165, 1.54) is 0 Å². The van der Waals surface area contributed by atoms with Gasteiger partial charge in [0.15, 0.2) is 0 Å². The molecule has 5 N–H and O–H groups in total. The summed E-state index contributed by atoms with van der Waals surface area (Å²) < 4.78 is 0. The second-order valence-corrected chi connectivity index (χ2v) is 6.29. The highest BCUT2D eigenvalue weighted by Gasteiger charge is 2.25. The molecule has 0 saturated heterocycles. The summed E-state index contributed by atoms with van der Waals surface area (Å²) in [5, 5.41) is 8.87. The van der Waals surface area contributed by atoms with Crippen LogP contribution in [0, 0.1) is 5.92 Å². The molecular weight excluding hydrogens is 304 g/mol. The summed E-state index contributed by atoms with van der Waals surface area (Å²) in [6.07, 6.45) is 2.04. The molecule has 0 unspecified atom stereocenters. The summed E-state index contributed by atoms with van der Waals surface area (Å²) in [6.45, 7) is 6.42. The predicted molar refractivity (Wildman–Crippen MR) is 95.3 cm³/mol. The third kappa shape index (κ3) is 4.75. The van der Waals surface area contributed by atoms with Crippen molar-refractivity contribution in [1.82, 2.24) is 10.6 Å². The van der Waals surface area contributed by atoms with Gasteiger partial charge in [-0.3, -0.25) is 9.59 Å². The van der Waals surface area contributed by atoms with Crippen molar-refractivity contribution in [2.75, 3.05) is 11.9 Å². The zero-order valence-electron chi connectivity index (χ0n) is 14.5. The maximum atomic E-state index is 12.2. The molecule has 0 bridgehead atoms. The van der Waals surface area contributed by atoms with Crippen LogP contribution in [0.4, 0.5) is 5.69 Å². The van der Waals surface area contributed by atoms with Crippen LogP contribution in [0.5, 0.6) is 0 Å². The van der Waals surface area contributed by atoms with Crippen molar-refractivity contribution in [2.24, 2.45) is 11.7 Å². The van der Waals surface area contributed by atoms with E-state index in [1.807, 2.05) is 20.8 Å². The molecule has 130 valence electrons. The van der Waals surface area contributed by atoms with Crippen LogP contribution in [-0.4, -0.2) is 24.4 Å². The molecule has 0 aromatic heterocycles. The number of hydrogen-bond donors (Lipinski definition) is 4. The number of amides is 2. The quantitative estimate of drug-likeness (QED) is 0.575. The van der Waals surface area contributed by atoms with Crippen molar-refractivity contribution in [3.63, 3.8) is 0 Å². The van der Waals surface area contributed by atoms with Gasteiger partial charge in [0.2, 0.25) is 0 Å². The number of rotatable bonds is 7. The van der Waals surface area contributed by atoms with E-state index in [2.05, 4.69) is 16.0 Å². The van der Waals surface area contributed by atoms with Crippen molar-refractivity contribution >= 4 is 17.5 Å². The lowest BCUT2D eigenvalue weighted by atomic mass is 10.1. The molecule has 1 aliphatic rings. The van der Waals surface area contributed by atoms with E-state index in [9.17, 15) is 9.59 Å². The van der Waals surface area contributed by atoms with Gasteiger partial charge < -0.3 is 21.7 Å². The Balaban J connectivity index is 2.12. The van der Waals surface area contributed by atoms with Crippen molar-refractivity contribution < 1.29 is 9.59 Å². The van der Waals surface area contributed by atoms with Crippen LogP contribution < -0.4 is 21.7 Å². The number of nitrogens with two attached hydrogens (primary N) is 1. The maximum Gasteiger partial charge on any atom is 0.269 e. The van der Waals surface area contributed by atoms with Crippen LogP contribution in [0.1, 0.15) is 44.0 Å². The Kier molecular flexibility index (Phi) is 5.84. The van der Waals surface area contributed by atoms with Crippen molar-refractivity contribution in [1.29, 1.82) is 0 Å². The summed E-state index contributed by atoms with van der Waals surface area (Å²) in [6, 6.07) is 7.36. The molecule has 1 saturated carbocycles. The van der Waals surface area contributed by atoms with Gasteiger partial charge in [-0.1, -0.05) is 13.8 Å². The normalized spacial score (nSPS) is 14.8. The van der Waals surface area contributed by atoms with E-state index >= 15 is 0 Å². The smallest absolute Gasteiger partial charge is 0.269 e. The van der Waals surface area contributed by atoms with E-state index in [0.717, 1.165) is 18.5 Å². The topological polar surface area (TPSA) is 96.2 Å². The van der Waals surface area contributed by atoms with Crippen molar-refractivity contribution in [2.45, 2.75) is 39.7 Å². The molecule has 1 aromatic rings. The monoisotopic (exact) mass is 330 g/mol. The number of carbonyl (C=O) groups is 2. The van der Waals surface area contributed by atoms with E-state index in [4.69, 9.17) is 5.73 Å². The summed E-state index contributed by atoms with van der Waals surface area (Å²) in [4.78, 5) is 23.9. The van der Waals surface area contributed by atoms with E-state index in [-0.39, 0.29) is 29.5 Å². The number of allylic oxidation sites excluding steroid dienone is 1. The number of hydrogen-bond acceptors (Lipinski definition) is 4. The van der Waals surface area contributed by atoms with Crippen LogP contribution in [0.3, 0.4) is 0 Å². The fourth-order valence-corrected chi connectivity index (χ4v) is 2.26. The van der Waals surface area contributed by atoms with Crippen molar-refractivity contribution in [3.8, 4) is 0 Å². The first-order chi connectivity index (χ1) is 11.4. The molecular formula is C18H26N4O2. The fraction of sp³-hybridized carbons (Fsp3) is 0.444. The lowest BCUT2D eigenvalue weighted by molar-refractivity contribution is -0.117. The third-order valence-corrected chi connectivity index (χ3v) is 3.79. The standard InChI is InChI=1S/C18H26N4O2/c1-4-20-17(23)12-5-7-13(8-6-12)21-16(11(2)3)15(19)18(24)22-14-9-10-14/h5-8,11,14,21H,4,9-10,19H2,1-3H3,(H,20,23)(H,22,24)/b16-15-. The van der Waals surface area contributed by atoms with Gasteiger partial charge in [0.25, 0.3) is 11.8 Å². The highest BCUT2D eigenvalue weighted by atomic mass is 16.2. The van der Waals surface area contributed by atoms with E-state index in [0.29, 0.717) is 17.8 Å². The van der Waals surface area contributed by atoms with Gasteiger partial charge in [0, 0.05) is 29.5 Å². The molecule has 24 heavy (non-hydrogen) atoms. The number of anilines is 1. The number of benzene rings is 1. The Morgan fingerprint density at radius 1 is 1.21 bits per heavy atom. The van der Waals surface area contributed by atoms with Crippen LogP contribution in [-0.2, 0) is 4.79 Å². The van der Waals surface area contributed by atoms with Gasteiger partial charge in [0.1, 0.15) is 5.70 Å². The summed E-state index contributed by atoms with van der Waals surface area (Å²) in [7, 11) is 0. The van der Waals surface area contributed by atoms with E-state index < -0.39 is 0 Å². The van der Waals surface area contributed by atoms with Gasteiger partial charge in [-0.2, -0.15) is 0 Å². The van der Waals surface area contributed by atoms with E-state index in [1.54, 1.807) is 24.3 Å². The Morgan fingerprint density at radius 3 is 2.33 bits per heavy atom. The highest BCUT2D eigenvalue weighted by molar-refractivity contribution is 5.95. The van der Waals surface area contributed by atoms with Crippen LogP contribution in [0.2, 0.25) is 0 Å². The Bertz CT molecular complexity index is 631. The Labute approximate surface area is 142 Å². The lowest BCUT2D eigenvalue weighted by Gasteiger charge is -2.18. The zero-order chi connectivity index (χ0) is 17.7. The molecule has 2 rings (SSSR count). The van der Waals surface area contributed by atoms with Gasteiger partial charge in [-0.25, -0.2) is 0 Å². The molecule has 1 fully saturated rings. The summed E-state index contributed by atoms with van der Waals surface area (Å²) >= 11 is 0. The SMILES string of the molecule is CCNC(=O)c1ccc(N/C(=C(\N)C(=O)NC2CC2)C(C)C)cc1. The first-order valence-corrected chi connectivity index (χ1v) is 8.38. The average molecular weight is 330 g/mol. The molecule has 6 heteroatoms. The molecule has 0 heterocycles. The molecule has 6 nitrogen and oxygen atoms in total.